The molecular weight excluding hydrogens is 272 g/mol. The topological polar surface area (TPSA) is 50.3 Å². The molecule has 0 spiro atoms. The molecule has 0 aliphatic carbocycles. The second-order valence-electron chi connectivity index (χ2n) is 3.91. The van der Waals surface area contributed by atoms with Crippen molar-refractivity contribution < 1.29 is 9.59 Å². The van der Waals surface area contributed by atoms with E-state index in [2.05, 4.69) is 20.9 Å². The number of pyridine rings is 1. The Balaban J connectivity index is 2.42. The molecule has 2 amide bonds. The molecule has 2 atom stereocenters. The maximum atomic E-state index is 11.9. The lowest BCUT2D eigenvalue weighted by molar-refractivity contribution is -0.122. The van der Waals surface area contributed by atoms with E-state index in [0.29, 0.717) is 10.4 Å². The predicted molar refractivity (Wildman–Crippen MR) is 62.8 cm³/mol. The van der Waals surface area contributed by atoms with Crippen molar-refractivity contribution in [1.29, 1.82) is 0 Å². The summed E-state index contributed by atoms with van der Waals surface area (Å²) in [6.45, 7) is 3.53. The standard InChI is InChI=1S/C11H11BrN2O2/c1-6-7(2)11(16)14(10(6)15)9-5-3-4-8(12)13-9/h3-7H,1-2H3. The van der Waals surface area contributed by atoms with Gasteiger partial charge in [-0.1, -0.05) is 19.9 Å². The Hall–Kier alpha value is -1.23. The van der Waals surface area contributed by atoms with Gasteiger partial charge in [0.15, 0.2) is 0 Å². The molecule has 1 aromatic rings. The fourth-order valence-electron chi connectivity index (χ4n) is 1.69. The summed E-state index contributed by atoms with van der Waals surface area (Å²) in [5.41, 5.74) is 0. The van der Waals surface area contributed by atoms with Crippen LogP contribution in [0.2, 0.25) is 0 Å². The van der Waals surface area contributed by atoms with Crippen LogP contribution in [0.4, 0.5) is 5.82 Å². The zero-order valence-electron chi connectivity index (χ0n) is 8.98. The summed E-state index contributed by atoms with van der Waals surface area (Å²) in [6.07, 6.45) is 0. The Bertz CT molecular complexity index is 441. The Labute approximate surface area is 102 Å². The van der Waals surface area contributed by atoms with E-state index in [1.54, 1.807) is 32.0 Å². The van der Waals surface area contributed by atoms with E-state index in [-0.39, 0.29) is 23.7 Å². The van der Waals surface area contributed by atoms with E-state index in [1.807, 2.05) is 0 Å². The van der Waals surface area contributed by atoms with E-state index in [1.165, 1.54) is 4.90 Å². The van der Waals surface area contributed by atoms with Crippen molar-refractivity contribution in [2.45, 2.75) is 13.8 Å². The first kappa shape index (κ1) is 11.3. The number of aromatic nitrogens is 1. The van der Waals surface area contributed by atoms with E-state index in [9.17, 15) is 9.59 Å². The number of anilines is 1. The number of nitrogens with zero attached hydrogens (tertiary/aromatic N) is 2. The number of hydrogen-bond donors (Lipinski definition) is 0. The van der Waals surface area contributed by atoms with Gasteiger partial charge >= 0.3 is 0 Å². The molecule has 1 fully saturated rings. The van der Waals surface area contributed by atoms with Crippen LogP contribution in [0.3, 0.4) is 0 Å². The third kappa shape index (κ3) is 1.65. The fraction of sp³-hybridized carbons (Fsp3) is 0.364. The molecule has 2 unspecified atom stereocenters. The van der Waals surface area contributed by atoms with Gasteiger partial charge in [-0.05, 0) is 28.1 Å². The lowest BCUT2D eigenvalue weighted by atomic mass is 10.00. The fourth-order valence-corrected chi connectivity index (χ4v) is 2.03. The summed E-state index contributed by atoms with van der Waals surface area (Å²) in [4.78, 5) is 29.1. The third-order valence-corrected chi connectivity index (χ3v) is 3.34. The molecule has 2 rings (SSSR count). The molecule has 2 heterocycles. The number of amides is 2. The zero-order valence-corrected chi connectivity index (χ0v) is 10.6. The molecule has 84 valence electrons. The van der Waals surface area contributed by atoms with Crippen LogP contribution in [0, 0.1) is 11.8 Å². The number of imide groups is 1. The van der Waals surface area contributed by atoms with Crippen LogP contribution in [0.25, 0.3) is 0 Å². The number of halogens is 1. The average molecular weight is 283 g/mol. The number of carbonyl (C=O) groups is 2. The zero-order chi connectivity index (χ0) is 11.9. The van der Waals surface area contributed by atoms with Gasteiger partial charge in [-0.15, -0.1) is 0 Å². The smallest absolute Gasteiger partial charge is 0.238 e. The first-order chi connectivity index (χ1) is 7.52. The summed E-state index contributed by atoms with van der Waals surface area (Å²) in [5, 5.41) is 0. The second-order valence-corrected chi connectivity index (χ2v) is 4.72. The molecule has 5 heteroatoms. The van der Waals surface area contributed by atoms with Gasteiger partial charge in [-0.25, -0.2) is 9.88 Å². The average Bonchev–Trinajstić information content (AvgIpc) is 2.44. The van der Waals surface area contributed by atoms with Crippen molar-refractivity contribution in [2.24, 2.45) is 11.8 Å². The van der Waals surface area contributed by atoms with Crippen LogP contribution in [-0.2, 0) is 9.59 Å². The van der Waals surface area contributed by atoms with Crippen LogP contribution < -0.4 is 4.90 Å². The molecule has 0 bridgehead atoms. The Morgan fingerprint density at radius 1 is 1.19 bits per heavy atom. The van der Waals surface area contributed by atoms with Crippen molar-refractivity contribution >= 4 is 33.6 Å². The van der Waals surface area contributed by atoms with Gasteiger partial charge in [0.2, 0.25) is 11.8 Å². The number of carbonyl (C=O) groups excluding carboxylic acids is 2. The molecule has 1 aromatic heterocycles. The van der Waals surface area contributed by atoms with Gasteiger partial charge in [0.25, 0.3) is 0 Å². The SMILES string of the molecule is CC1C(=O)N(c2cccc(Br)n2)C(=O)C1C. The van der Waals surface area contributed by atoms with E-state index in [4.69, 9.17) is 0 Å². The van der Waals surface area contributed by atoms with Gasteiger partial charge in [0, 0.05) is 11.8 Å². The summed E-state index contributed by atoms with van der Waals surface area (Å²) in [5.74, 6) is -0.506. The lowest BCUT2D eigenvalue weighted by Gasteiger charge is -2.13. The molecule has 1 saturated heterocycles. The quantitative estimate of drug-likeness (QED) is 0.585. The monoisotopic (exact) mass is 282 g/mol. The van der Waals surface area contributed by atoms with Crippen molar-refractivity contribution in [3.8, 4) is 0 Å². The second kappa shape index (κ2) is 3.97. The number of rotatable bonds is 1. The molecule has 16 heavy (non-hydrogen) atoms. The summed E-state index contributed by atoms with van der Waals surface area (Å²) >= 11 is 3.22. The maximum absolute atomic E-state index is 11.9. The first-order valence-electron chi connectivity index (χ1n) is 5.02. The minimum absolute atomic E-state index is 0.178. The van der Waals surface area contributed by atoms with E-state index in [0.717, 1.165) is 0 Å². The highest BCUT2D eigenvalue weighted by Crippen LogP contribution is 2.29. The van der Waals surface area contributed by atoms with Gasteiger partial charge < -0.3 is 0 Å². The lowest BCUT2D eigenvalue weighted by Crippen LogP contribution is -2.31. The van der Waals surface area contributed by atoms with Crippen molar-refractivity contribution in [3.63, 3.8) is 0 Å². The van der Waals surface area contributed by atoms with Gasteiger partial charge in [-0.2, -0.15) is 0 Å². The highest BCUT2D eigenvalue weighted by atomic mass is 79.9. The molecule has 4 nitrogen and oxygen atoms in total. The third-order valence-electron chi connectivity index (χ3n) is 2.90. The van der Waals surface area contributed by atoms with E-state index >= 15 is 0 Å². The van der Waals surface area contributed by atoms with Crippen molar-refractivity contribution in [2.75, 3.05) is 4.90 Å². The first-order valence-corrected chi connectivity index (χ1v) is 5.82. The van der Waals surface area contributed by atoms with Gasteiger partial charge in [-0.3, -0.25) is 9.59 Å². The van der Waals surface area contributed by atoms with Crippen LogP contribution in [0.5, 0.6) is 0 Å². The minimum atomic E-state index is -0.270. The van der Waals surface area contributed by atoms with Gasteiger partial charge in [0.05, 0.1) is 0 Å². The minimum Gasteiger partial charge on any atom is -0.274 e. The normalized spacial score (nSPS) is 25.3. The molecule has 0 saturated carbocycles. The molecule has 1 aliphatic rings. The molecule has 0 N–H and O–H groups in total. The largest absolute Gasteiger partial charge is 0.274 e. The maximum Gasteiger partial charge on any atom is 0.238 e. The summed E-state index contributed by atoms with van der Waals surface area (Å²) in [6, 6.07) is 5.16. The summed E-state index contributed by atoms with van der Waals surface area (Å²) in [7, 11) is 0. The van der Waals surface area contributed by atoms with Crippen molar-refractivity contribution in [3.05, 3.63) is 22.8 Å². The highest BCUT2D eigenvalue weighted by Gasteiger charge is 2.43. The Kier molecular flexibility index (Phi) is 2.80. The Morgan fingerprint density at radius 3 is 2.25 bits per heavy atom. The van der Waals surface area contributed by atoms with Crippen LogP contribution in [0.1, 0.15) is 13.8 Å². The van der Waals surface area contributed by atoms with E-state index < -0.39 is 0 Å². The van der Waals surface area contributed by atoms with Crippen molar-refractivity contribution in [1.82, 2.24) is 4.98 Å². The molecular formula is C11H11BrN2O2. The van der Waals surface area contributed by atoms with Gasteiger partial charge in [0.1, 0.15) is 10.4 Å². The van der Waals surface area contributed by atoms with Crippen LogP contribution in [0.15, 0.2) is 22.8 Å². The molecule has 0 aromatic carbocycles. The predicted octanol–water partition coefficient (Wildman–Crippen LogP) is 1.99. The molecule has 0 radical (unpaired) electrons. The Morgan fingerprint density at radius 2 is 1.75 bits per heavy atom. The van der Waals surface area contributed by atoms with Crippen LogP contribution in [-0.4, -0.2) is 16.8 Å². The molecule has 1 aliphatic heterocycles. The number of hydrogen-bond acceptors (Lipinski definition) is 3. The highest BCUT2D eigenvalue weighted by molar-refractivity contribution is 9.10. The summed E-state index contributed by atoms with van der Waals surface area (Å²) < 4.78 is 0.609. The van der Waals surface area contributed by atoms with Crippen LogP contribution >= 0.6 is 15.9 Å².